The molecular formula is C31H27N3O4S. The monoisotopic (exact) mass is 537 g/mol. The van der Waals surface area contributed by atoms with Gasteiger partial charge in [0.15, 0.2) is 0 Å². The summed E-state index contributed by atoms with van der Waals surface area (Å²) in [6, 6.07) is 28.7. The van der Waals surface area contributed by atoms with Gasteiger partial charge in [-0.3, -0.25) is 9.52 Å². The highest BCUT2D eigenvalue weighted by molar-refractivity contribution is 7.92. The summed E-state index contributed by atoms with van der Waals surface area (Å²) >= 11 is 0. The number of pyridine rings is 1. The normalized spacial score (nSPS) is 11.3. The summed E-state index contributed by atoms with van der Waals surface area (Å²) in [5.41, 5.74) is 5.03. The third-order valence-corrected chi connectivity index (χ3v) is 7.90. The first-order chi connectivity index (χ1) is 18.7. The molecule has 4 aromatic carbocycles. The average molecular weight is 538 g/mol. The number of nitrogens with zero attached hydrogens (tertiary/aromatic N) is 1. The lowest BCUT2D eigenvalue weighted by Gasteiger charge is -2.15. The fourth-order valence-corrected chi connectivity index (χ4v) is 5.67. The largest absolute Gasteiger partial charge is 0.495 e. The molecule has 5 rings (SSSR count). The van der Waals surface area contributed by atoms with Crippen LogP contribution < -0.4 is 14.8 Å². The highest BCUT2D eigenvalue weighted by Crippen LogP contribution is 2.30. The molecule has 0 spiro atoms. The molecule has 39 heavy (non-hydrogen) atoms. The highest BCUT2D eigenvalue weighted by atomic mass is 32.2. The zero-order valence-electron chi connectivity index (χ0n) is 21.7. The van der Waals surface area contributed by atoms with E-state index in [0.717, 1.165) is 11.1 Å². The molecule has 0 bridgehead atoms. The van der Waals surface area contributed by atoms with Crippen LogP contribution in [0.25, 0.3) is 22.2 Å². The number of sulfonamides is 1. The van der Waals surface area contributed by atoms with Crippen LogP contribution in [0.4, 0.5) is 11.4 Å². The Morgan fingerprint density at radius 3 is 2.33 bits per heavy atom. The van der Waals surface area contributed by atoms with E-state index < -0.39 is 10.0 Å². The maximum Gasteiger partial charge on any atom is 0.262 e. The molecule has 1 aromatic heterocycles. The van der Waals surface area contributed by atoms with Gasteiger partial charge in [0, 0.05) is 16.6 Å². The van der Waals surface area contributed by atoms with Crippen LogP contribution in [0.1, 0.15) is 21.5 Å². The summed E-state index contributed by atoms with van der Waals surface area (Å²) in [6.07, 6.45) is 0. The molecule has 0 saturated heterocycles. The van der Waals surface area contributed by atoms with Crippen molar-refractivity contribution in [2.24, 2.45) is 0 Å². The molecular weight excluding hydrogens is 510 g/mol. The van der Waals surface area contributed by atoms with Gasteiger partial charge in [0.1, 0.15) is 5.75 Å². The lowest BCUT2D eigenvalue weighted by atomic mass is 10.0. The summed E-state index contributed by atoms with van der Waals surface area (Å²) in [6.45, 7) is 3.71. The predicted molar refractivity (Wildman–Crippen MR) is 155 cm³/mol. The van der Waals surface area contributed by atoms with Crippen LogP contribution in [0.3, 0.4) is 0 Å². The van der Waals surface area contributed by atoms with Gasteiger partial charge in [-0.15, -0.1) is 0 Å². The van der Waals surface area contributed by atoms with Crippen LogP contribution in [-0.2, 0) is 10.0 Å². The smallest absolute Gasteiger partial charge is 0.262 e. The molecule has 1 heterocycles. The molecule has 7 nitrogen and oxygen atoms in total. The minimum atomic E-state index is -3.97. The number of aryl methyl sites for hydroxylation is 2. The number of amides is 1. The molecule has 0 radical (unpaired) electrons. The summed E-state index contributed by atoms with van der Waals surface area (Å²) < 4.78 is 34.5. The Hall–Kier alpha value is -4.69. The maximum atomic E-state index is 13.6. The number of benzene rings is 4. The number of hydrogen-bond acceptors (Lipinski definition) is 5. The fourth-order valence-electron chi connectivity index (χ4n) is 4.33. The second-order valence-corrected chi connectivity index (χ2v) is 10.8. The van der Waals surface area contributed by atoms with Gasteiger partial charge >= 0.3 is 0 Å². The number of aromatic nitrogens is 1. The fraction of sp³-hybridized carbons (Fsp3) is 0.0968. The van der Waals surface area contributed by atoms with Crippen molar-refractivity contribution in [1.29, 1.82) is 0 Å². The Bertz CT molecular complexity index is 1800. The van der Waals surface area contributed by atoms with E-state index in [-0.39, 0.29) is 10.8 Å². The van der Waals surface area contributed by atoms with Crippen molar-refractivity contribution in [3.63, 3.8) is 0 Å². The second-order valence-electron chi connectivity index (χ2n) is 9.18. The third-order valence-electron chi connectivity index (χ3n) is 6.39. The Balaban J connectivity index is 1.49. The summed E-state index contributed by atoms with van der Waals surface area (Å²) in [5.74, 6) is 0.0315. The van der Waals surface area contributed by atoms with Crippen molar-refractivity contribution in [3.05, 3.63) is 114 Å². The van der Waals surface area contributed by atoms with E-state index in [1.807, 2.05) is 55.5 Å². The van der Waals surface area contributed by atoms with E-state index in [9.17, 15) is 13.2 Å². The number of rotatable bonds is 7. The second kappa shape index (κ2) is 10.6. The lowest BCUT2D eigenvalue weighted by molar-refractivity contribution is 0.102. The molecule has 5 aromatic rings. The van der Waals surface area contributed by atoms with Crippen LogP contribution in [0.5, 0.6) is 5.75 Å². The highest BCUT2D eigenvalue weighted by Gasteiger charge is 2.21. The Labute approximate surface area is 227 Å². The van der Waals surface area contributed by atoms with Gasteiger partial charge in [-0.2, -0.15) is 0 Å². The first-order valence-corrected chi connectivity index (χ1v) is 13.8. The summed E-state index contributed by atoms with van der Waals surface area (Å²) in [4.78, 5) is 18.4. The van der Waals surface area contributed by atoms with Gasteiger partial charge in [-0.25, -0.2) is 13.4 Å². The topological polar surface area (TPSA) is 97.4 Å². The van der Waals surface area contributed by atoms with Gasteiger partial charge in [-0.05, 0) is 55.8 Å². The third kappa shape index (κ3) is 5.46. The number of nitrogens with one attached hydrogen (secondary N) is 2. The van der Waals surface area contributed by atoms with Crippen LogP contribution in [0.2, 0.25) is 0 Å². The Kier molecular flexibility index (Phi) is 7.04. The van der Waals surface area contributed by atoms with Crippen LogP contribution in [0.15, 0.2) is 102 Å². The Morgan fingerprint density at radius 2 is 1.56 bits per heavy atom. The standard InChI is InChI=1S/C31H27N3O4S/c1-20-12-15-22(16-13-20)28-19-25(24-8-4-5-9-26(24)33-28)31(35)32-23-17-14-21(2)30(18-23)39(36,37)34-27-10-6-7-11-29(27)38-3/h4-19,34H,1-3H3,(H,32,35). The van der Waals surface area contributed by atoms with Crippen molar-refractivity contribution < 1.29 is 17.9 Å². The van der Waals surface area contributed by atoms with Gasteiger partial charge in [0.05, 0.1) is 34.5 Å². The van der Waals surface area contributed by atoms with Crippen LogP contribution in [0, 0.1) is 13.8 Å². The molecule has 0 aliphatic heterocycles. The number of ether oxygens (including phenoxy) is 1. The molecule has 0 fully saturated rings. The molecule has 1 amide bonds. The molecule has 8 heteroatoms. The SMILES string of the molecule is COc1ccccc1NS(=O)(=O)c1cc(NC(=O)c2cc(-c3ccc(C)cc3)nc3ccccc23)ccc1C. The molecule has 0 atom stereocenters. The van der Waals surface area contributed by atoms with Gasteiger partial charge in [0.2, 0.25) is 0 Å². The Morgan fingerprint density at radius 1 is 0.846 bits per heavy atom. The zero-order valence-corrected chi connectivity index (χ0v) is 22.5. The van der Waals surface area contributed by atoms with Crippen molar-refractivity contribution in [1.82, 2.24) is 4.98 Å². The van der Waals surface area contributed by atoms with Crippen LogP contribution >= 0.6 is 0 Å². The van der Waals surface area contributed by atoms with Gasteiger partial charge in [0.25, 0.3) is 15.9 Å². The summed E-state index contributed by atoms with van der Waals surface area (Å²) in [7, 11) is -2.50. The minimum absolute atomic E-state index is 0.0473. The van der Waals surface area contributed by atoms with Crippen molar-refractivity contribution in [3.8, 4) is 17.0 Å². The molecule has 196 valence electrons. The molecule has 0 saturated carbocycles. The zero-order chi connectivity index (χ0) is 27.6. The molecule has 0 aliphatic rings. The minimum Gasteiger partial charge on any atom is -0.495 e. The molecule has 0 aliphatic carbocycles. The van der Waals surface area contributed by atoms with Crippen molar-refractivity contribution in [2.45, 2.75) is 18.7 Å². The van der Waals surface area contributed by atoms with E-state index in [1.165, 1.54) is 13.2 Å². The summed E-state index contributed by atoms with van der Waals surface area (Å²) in [5, 5.41) is 3.58. The molecule has 2 N–H and O–H groups in total. The first-order valence-electron chi connectivity index (χ1n) is 12.3. The number of anilines is 2. The van der Waals surface area contributed by atoms with E-state index >= 15 is 0 Å². The van der Waals surface area contributed by atoms with Crippen molar-refractivity contribution >= 4 is 38.2 Å². The van der Waals surface area contributed by atoms with E-state index in [2.05, 4.69) is 10.0 Å². The predicted octanol–water partition coefficient (Wildman–Crippen LogP) is 6.58. The number of fused-ring (bicyclic) bond motifs is 1. The van der Waals surface area contributed by atoms with E-state index in [4.69, 9.17) is 9.72 Å². The number of para-hydroxylation sites is 3. The van der Waals surface area contributed by atoms with Crippen molar-refractivity contribution in [2.75, 3.05) is 17.1 Å². The van der Waals surface area contributed by atoms with Gasteiger partial charge < -0.3 is 10.1 Å². The number of carbonyl (C=O) groups excluding carboxylic acids is 1. The number of carbonyl (C=O) groups is 1. The van der Waals surface area contributed by atoms with E-state index in [1.54, 1.807) is 49.4 Å². The first kappa shape index (κ1) is 25.9. The van der Waals surface area contributed by atoms with Gasteiger partial charge in [-0.1, -0.05) is 66.2 Å². The average Bonchev–Trinajstić information content (AvgIpc) is 2.94. The van der Waals surface area contributed by atoms with E-state index in [0.29, 0.717) is 44.8 Å². The lowest BCUT2D eigenvalue weighted by Crippen LogP contribution is -2.17. The molecule has 0 unspecified atom stereocenters. The quantitative estimate of drug-likeness (QED) is 0.244. The number of hydrogen-bond donors (Lipinski definition) is 2. The van der Waals surface area contributed by atoms with Crippen LogP contribution in [-0.4, -0.2) is 26.4 Å². The maximum absolute atomic E-state index is 13.6. The number of methoxy groups -OCH3 is 1.